The summed E-state index contributed by atoms with van der Waals surface area (Å²) in [6.07, 6.45) is 6.79. The van der Waals surface area contributed by atoms with Crippen molar-refractivity contribution in [1.29, 1.82) is 0 Å². The Morgan fingerprint density at radius 3 is 2.76 bits per heavy atom. The van der Waals surface area contributed by atoms with Crippen molar-refractivity contribution in [3.8, 4) is 11.8 Å². The third kappa shape index (κ3) is 6.54. The second kappa shape index (κ2) is 10.4. The predicted molar refractivity (Wildman–Crippen MR) is 107 cm³/mol. The number of rotatable bonds is 10. The van der Waals surface area contributed by atoms with Gasteiger partial charge in [0.25, 0.3) is 0 Å². The molecule has 0 saturated heterocycles. The topological polar surface area (TPSA) is 95.5 Å². The van der Waals surface area contributed by atoms with E-state index < -0.39 is 0 Å². The maximum Gasteiger partial charge on any atom is 0.240 e. The van der Waals surface area contributed by atoms with E-state index in [0.29, 0.717) is 31.6 Å². The van der Waals surface area contributed by atoms with E-state index in [1.807, 2.05) is 19.1 Å². The SMILES string of the molecule is CC(=O)N[C@@H](C)COC1CC(COc2ncnc(OCc3cccnc3)c2Cl)C1. The highest BCUT2D eigenvalue weighted by Crippen LogP contribution is 2.34. The van der Waals surface area contributed by atoms with Crippen molar-refractivity contribution >= 4 is 17.5 Å². The van der Waals surface area contributed by atoms with E-state index in [1.54, 1.807) is 12.4 Å². The van der Waals surface area contributed by atoms with Crippen LogP contribution < -0.4 is 14.8 Å². The van der Waals surface area contributed by atoms with E-state index in [4.69, 9.17) is 25.8 Å². The first-order valence-corrected chi connectivity index (χ1v) is 9.92. The average molecular weight is 421 g/mol. The fourth-order valence-corrected chi connectivity index (χ4v) is 3.19. The second-order valence-corrected chi connectivity index (χ2v) is 7.53. The number of ether oxygens (including phenoxy) is 3. The lowest BCUT2D eigenvalue weighted by atomic mass is 9.83. The quantitative estimate of drug-likeness (QED) is 0.631. The van der Waals surface area contributed by atoms with Crippen LogP contribution in [0.25, 0.3) is 0 Å². The monoisotopic (exact) mass is 420 g/mol. The van der Waals surface area contributed by atoms with Crippen molar-refractivity contribution in [3.05, 3.63) is 41.4 Å². The molecule has 0 aliphatic heterocycles. The third-order valence-electron chi connectivity index (χ3n) is 4.50. The maximum atomic E-state index is 11.0. The van der Waals surface area contributed by atoms with Crippen molar-refractivity contribution < 1.29 is 19.0 Å². The van der Waals surface area contributed by atoms with Gasteiger partial charge in [0.1, 0.15) is 12.9 Å². The van der Waals surface area contributed by atoms with Gasteiger partial charge in [-0.1, -0.05) is 17.7 Å². The molecule has 156 valence electrons. The summed E-state index contributed by atoms with van der Waals surface area (Å²) in [5.41, 5.74) is 0.915. The van der Waals surface area contributed by atoms with Gasteiger partial charge in [-0.05, 0) is 31.7 Å². The molecule has 1 atom stereocenters. The summed E-state index contributed by atoms with van der Waals surface area (Å²) in [6.45, 7) is 4.74. The molecule has 1 amide bonds. The number of nitrogens with zero attached hydrogens (tertiary/aromatic N) is 3. The van der Waals surface area contributed by atoms with Gasteiger partial charge < -0.3 is 19.5 Å². The van der Waals surface area contributed by atoms with Crippen LogP contribution in [-0.4, -0.2) is 46.2 Å². The van der Waals surface area contributed by atoms with Crippen LogP contribution in [0, 0.1) is 5.92 Å². The molecular formula is C20H25ClN4O4. The zero-order chi connectivity index (χ0) is 20.6. The van der Waals surface area contributed by atoms with Crippen molar-refractivity contribution in [3.63, 3.8) is 0 Å². The largest absolute Gasteiger partial charge is 0.476 e. The lowest BCUT2D eigenvalue weighted by molar-refractivity contribution is -0.120. The molecule has 1 saturated carbocycles. The lowest BCUT2D eigenvalue weighted by Gasteiger charge is -2.35. The summed E-state index contributed by atoms with van der Waals surface area (Å²) in [7, 11) is 0. The number of hydrogen-bond donors (Lipinski definition) is 1. The molecule has 0 spiro atoms. The fraction of sp³-hybridized carbons (Fsp3) is 0.500. The van der Waals surface area contributed by atoms with Crippen LogP contribution in [0.3, 0.4) is 0 Å². The number of nitrogens with one attached hydrogen (secondary N) is 1. The summed E-state index contributed by atoms with van der Waals surface area (Å²) in [4.78, 5) is 23.2. The van der Waals surface area contributed by atoms with Gasteiger partial charge in [-0.2, -0.15) is 0 Å². The smallest absolute Gasteiger partial charge is 0.240 e. The molecule has 1 fully saturated rings. The van der Waals surface area contributed by atoms with Crippen LogP contribution in [0.5, 0.6) is 11.8 Å². The van der Waals surface area contributed by atoms with Crippen LogP contribution in [0.15, 0.2) is 30.9 Å². The van der Waals surface area contributed by atoms with Crippen LogP contribution in [0.2, 0.25) is 5.02 Å². The van der Waals surface area contributed by atoms with E-state index >= 15 is 0 Å². The van der Waals surface area contributed by atoms with Crippen molar-refractivity contribution in [2.75, 3.05) is 13.2 Å². The molecule has 1 aliphatic carbocycles. The first-order valence-electron chi connectivity index (χ1n) is 9.55. The summed E-state index contributed by atoms with van der Waals surface area (Å²) in [6, 6.07) is 3.75. The summed E-state index contributed by atoms with van der Waals surface area (Å²) < 4.78 is 17.2. The molecule has 1 N–H and O–H groups in total. The number of aromatic nitrogens is 3. The highest BCUT2D eigenvalue weighted by atomic mass is 35.5. The summed E-state index contributed by atoms with van der Waals surface area (Å²) >= 11 is 6.32. The molecule has 2 aromatic rings. The van der Waals surface area contributed by atoms with E-state index in [2.05, 4.69) is 20.3 Å². The molecule has 0 aromatic carbocycles. The highest BCUT2D eigenvalue weighted by molar-refractivity contribution is 6.33. The van der Waals surface area contributed by atoms with Crippen molar-refractivity contribution in [2.24, 2.45) is 5.92 Å². The molecule has 0 unspecified atom stereocenters. The zero-order valence-corrected chi connectivity index (χ0v) is 17.3. The standard InChI is InChI=1S/C20H25ClN4O4/c1-13(25-14(2)26)9-27-17-6-16(7-17)11-29-20-18(21)19(23-12-24-20)28-10-15-4-3-5-22-8-15/h3-5,8,12-13,16-17H,6-7,9-11H2,1-2H3,(H,25,26)/t13-,16?,17?/m0/s1. The Hall–Kier alpha value is -2.45. The van der Waals surface area contributed by atoms with Crippen molar-refractivity contribution in [1.82, 2.24) is 20.3 Å². The number of halogens is 1. The molecule has 29 heavy (non-hydrogen) atoms. The average Bonchev–Trinajstić information content (AvgIpc) is 2.66. The van der Waals surface area contributed by atoms with Gasteiger partial charge in [-0.3, -0.25) is 9.78 Å². The lowest BCUT2D eigenvalue weighted by Crippen LogP contribution is -2.40. The molecule has 3 rings (SSSR count). The predicted octanol–water partition coefficient (Wildman–Crippen LogP) is 2.80. The van der Waals surface area contributed by atoms with Gasteiger partial charge in [0.2, 0.25) is 17.7 Å². The molecule has 0 bridgehead atoms. The molecule has 0 radical (unpaired) electrons. The summed E-state index contributed by atoms with van der Waals surface area (Å²) in [5, 5.41) is 3.06. The Morgan fingerprint density at radius 2 is 2.07 bits per heavy atom. The molecule has 1 aliphatic rings. The van der Waals surface area contributed by atoms with Gasteiger partial charge in [0.05, 0.1) is 19.3 Å². The Kier molecular flexibility index (Phi) is 7.60. The van der Waals surface area contributed by atoms with E-state index in [9.17, 15) is 4.79 Å². The van der Waals surface area contributed by atoms with Crippen molar-refractivity contribution in [2.45, 2.75) is 45.4 Å². The molecular weight excluding hydrogens is 396 g/mol. The third-order valence-corrected chi connectivity index (χ3v) is 4.83. The van der Waals surface area contributed by atoms with Gasteiger partial charge in [-0.15, -0.1) is 0 Å². The van der Waals surface area contributed by atoms with E-state index in [0.717, 1.165) is 18.4 Å². The van der Waals surface area contributed by atoms with Crippen LogP contribution in [0.1, 0.15) is 32.3 Å². The number of carbonyl (C=O) groups excluding carboxylic acids is 1. The van der Waals surface area contributed by atoms with Crippen LogP contribution in [-0.2, 0) is 16.1 Å². The molecule has 9 heteroatoms. The van der Waals surface area contributed by atoms with E-state index in [1.165, 1.54) is 13.3 Å². The minimum atomic E-state index is -0.0495. The van der Waals surface area contributed by atoms with Gasteiger partial charge in [0.15, 0.2) is 5.02 Å². The van der Waals surface area contributed by atoms with Gasteiger partial charge in [-0.25, -0.2) is 9.97 Å². The number of pyridine rings is 1. The zero-order valence-electron chi connectivity index (χ0n) is 16.5. The highest BCUT2D eigenvalue weighted by Gasteiger charge is 2.31. The van der Waals surface area contributed by atoms with Gasteiger partial charge >= 0.3 is 0 Å². The normalized spacial score (nSPS) is 19.1. The Labute approximate surface area is 175 Å². The second-order valence-electron chi connectivity index (χ2n) is 7.15. The minimum absolute atomic E-state index is 0.00714. The maximum absolute atomic E-state index is 11.0. The Bertz CT molecular complexity index is 802. The van der Waals surface area contributed by atoms with Crippen LogP contribution in [0.4, 0.5) is 0 Å². The van der Waals surface area contributed by atoms with Crippen LogP contribution >= 0.6 is 11.6 Å². The van der Waals surface area contributed by atoms with E-state index in [-0.39, 0.29) is 29.0 Å². The number of hydrogen-bond acceptors (Lipinski definition) is 7. The Balaban J connectivity index is 1.40. The molecule has 2 heterocycles. The first-order chi connectivity index (χ1) is 14.0. The first kappa shape index (κ1) is 21.3. The molecule has 2 aromatic heterocycles. The Morgan fingerprint density at radius 1 is 1.31 bits per heavy atom. The fourth-order valence-electron chi connectivity index (χ4n) is 2.99. The van der Waals surface area contributed by atoms with Gasteiger partial charge in [0, 0.05) is 30.9 Å². The summed E-state index contributed by atoms with van der Waals surface area (Å²) in [5.74, 6) is 0.919. The molecule has 8 nitrogen and oxygen atoms in total. The number of amides is 1. The number of carbonyl (C=O) groups is 1. The minimum Gasteiger partial charge on any atom is -0.476 e.